The fraction of sp³-hybridized carbons (Fsp3) is 0.136. The quantitative estimate of drug-likeness (QED) is 0.331. The highest BCUT2D eigenvalue weighted by Crippen LogP contribution is 2.31. The number of aromatic hydroxyl groups is 1. The Morgan fingerprint density at radius 1 is 1.23 bits per heavy atom. The van der Waals surface area contributed by atoms with Crippen molar-refractivity contribution in [1.29, 1.82) is 0 Å². The molecule has 0 aliphatic carbocycles. The second-order valence-electron chi connectivity index (χ2n) is 6.11. The first-order valence-electron chi connectivity index (χ1n) is 9.32. The summed E-state index contributed by atoms with van der Waals surface area (Å²) in [5.74, 6) is 0.188. The van der Waals surface area contributed by atoms with Crippen molar-refractivity contribution >= 4 is 28.6 Å². The van der Waals surface area contributed by atoms with Gasteiger partial charge in [-0.05, 0) is 36.8 Å². The van der Waals surface area contributed by atoms with Crippen LogP contribution in [0, 0.1) is 0 Å². The van der Waals surface area contributed by atoms with Gasteiger partial charge in [0.1, 0.15) is 10.8 Å². The summed E-state index contributed by atoms with van der Waals surface area (Å²) in [7, 11) is 0. The standard InChI is InChI=1S/C22H22N4O3S/c1-3-14-26-19(17-8-6-5-7-9-17)20(24-22(28)29-4-2)30-21(26)25-23-15-16-10-12-18(27)13-11-16/h3,5-13,15,27H,1,4,14H2,2H3,(H,24,28)/b23-15-,25-21-. The summed E-state index contributed by atoms with van der Waals surface area (Å²) in [6, 6.07) is 16.4. The molecule has 0 aliphatic rings. The number of aromatic nitrogens is 1. The largest absolute Gasteiger partial charge is 0.508 e. The van der Waals surface area contributed by atoms with Gasteiger partial charge in [-0.2, -0.15) is 5.10 Å². The fourth-order valence-corrected chi connectivity index (χ4v) is 3.72. The molecular weight excluding hydrogens is 400 g/mol. The lowest BCUT2D eigenvalue weighted by Gasteiger charge is -2.10. The van der Waals surface area contributed by atoms with Crippen molar-refractivity contribution in [3.05, 3.63) is 77.6 Å². The van der Waals surface area contributed by atoms with Crippen molar-refractivity contribution in [3.8, 4) is 17.0 Å². The molecule has 0 saturated carbocycles. The van der Waals surface area contributed by atoms with Crippen molar-refractivity contribution in [2.75, 3.05) is 11.9 Å². The molecule has 0 aliphatic heterocycles. The first kappa shape index (κ1) is 21.1. The van der Waals surface area contributed by atoms with Gasteiger partial charge >= 0.3 is 6.09 Å². The second kappa shape index (κ2) is 10.2. The van der Waals surface area contributed by atoms with E-state index in [1.807, 2.05) is 34.9 Å². The number of phenolic OH excluding ortho intramolecular Hbond substituents is 1. The third-order valence-electron chi connectivity index (χ3n) is 4.00. The smallest absolute Gasteiger partial charge is 0.412 e. The normalized spacial score (nSPS) is 11.6. The van der Waals surface area contributed by atoms with Gasteiger partial charge in [-0.15, -0.1) is 11.7 Å². The van der Waals surface area contributed by atoms with Gasteiger partial charge in [0.15, 0.2) is 0 Å². The minimum absolute atomic E-state index is 0.188. The van der Waals surface area contributed by atoms with Crippen molar-refractivity contribution in [2.45, 2.75) is 13.5 Å². The van der Waals surface area contributed by atoms with Gasteiger partial charge < -0.3 is 14.4 Å². The third kappa shape index (κ3) is 5.24. The van der Waals surface area contributed by atoms with Crippen LogP contribution in [0.1, 0.15) is 12.5 Å². The minimum Gasteiger partial charge on any atom is -0.508 e. The molecule has 1 heterocycles. The number of hydrogen-bond acceptors (Lipinski definition) is 6. The highest BCUT2D eigenvalue weighted by molar-refractivity contribution is 7.14. The molecule has 1 aromatic heterocycles. The number of phenols is 1. The van der Waals surface area contributed by atoms with Crippen LogP contribution in [0.2, 0.25) is 0 Å². The molecule has 7 nitrogen and oxygen atoms in total. The molecule has 8 heteroatoms. The van der Waals surface area contributed by atoms with E-state index in [4.69, 9.17) is 4.74 Å². The maximum absolute atomic E-state index is 12.1. The Labute approximate surface area is 178 Å². The predicted octanol–water partition coefficient (Wildman–Crippen LogP) is 4.61. The average molecular weight is 423 g/mol. The van der Waals surface area contributed by atoms with Crippen LogP contribution in [-0.2, 0) is 11.3 Å². The monoisotopic (exact) mass is 422 g/mol. The maximum atomic E-state index is 12.1. The minimum atomic E-state index is -0.527. The molecule has 2 aromatic carbocycles. The van der Waals surface area contributed by atoms with E-state index < -0.39 is 6.09 Å². The number of rotatable bonds is 7. The lowest BCUT2D eigenvalue weighted by atomic mass is 10.1. The Bertz CT molecular complexity index is 1100. The Kier molecular flexibility index (Phi) is 7.18. The molecule has 2 N–H and O–H groups in total. The van der Waals surface area contributed by atoms with Gasteiger partial charge in [-0.25, -0.2) is 4.79 Å². The molecule has 0 spiro atoms. The Morgan fingerprint density at radius 2 is 1.97 bits per heavy atom. The summed E-state index contributed by atoms with van der Waals surface area (Å²) < 4.78 is 6.97. The number of amides is 1. The Morgan fingerprint density at radius 3 is 2.63 bits per heavy atom. The van der Waals surface area contributed by atoms with Crippen LogP contribution >= 0.6 is 11.3 Å². The molecule has 0 saturated heterocycles. The molecule has 0 atom stereocenters. The van der Waals surface area contributed by atoms with Crippen LogP contribution in [-0.4, -0.2) is 28.6 Å². The van der Waals surface area contributed by atoms with Crippen LogP contribution in [0.4, 0.5) is 9.80 Å². The van der Waals surface area contributed by atoms with E-state index in [0.29, 0.717) is 16.3 Å². The molecule has 1 amide bonds. The number of benzene rings is 2. The topological polar surface area (TPSA) is 88.2 Å². The van der Waals surface area contributed by atoms with E-state index in [0.717, 1.165) is 16.8 Å². The van der Waals surface area contributed by atoms with E-state index in [2.05, 4.69) is 22.1 Å². The molecular formula is C22H22N4O3S. The van der Waals surface area contributed by atoms with Gasteiger partial charge in [0.25, 0.3) is 0 Å². The van der Waals surface area contributed by atoms with E-state index in [9.17, 15) is 9.90 Å². The molecule has 3 rings (SSSR count). The second-order valence-corrected chi connectivity index (χ2v) is 7.09. The number of carbonyl (C=O) groups is 1. The first-order chi connectivity index (χ1) is 14.6. The number of nitrogens with one attached hydrogen (secondary N) is 1. The lowest BCUT2D eigenvalue weighted by Crippen LogP contribution is -2.15. The van der Waals surface area contributed by atoms with Crippen molar-refractivity contribution in [2.24, 2.45) is 10.2 Å². The molecule has 154 valence electrons. The van der Waals surface area contributed by atoms with Crippen molar-refractivity contribution in [3.63, 3.8) is 0 Å². The number of allylic oxidation sites excluding steroid dienone is 1. The zero-order valence-electron chi connectivity index (χ0n) is 16.5. The Balaban J connectivity index is 2.07. The molecule has 0 radical (unpaired) electrons. The van der Waals surface area contributed by atoms with Gasteiger partial charge in [-0.1, -0.05) is 47.7 Å². The summed E-state index contributed by atoms with van der Waals surface area (Å²) in [6.45, 7) is 6.35. The average Bonchev–Trinajstić information content (AvgIpc) is 3.07. The number of nitrogens with zero attached hydrogens (tertiary/aromatic N) is 3. The predicted molar refractivity (Wildman–Crippen MR) is 120 cm³/mol. The molecule has 0 fully saturated rings. The molecule has 0 bridgehead atoms. The van der Waals surface area contributed by atoms with E-state index in [1.54, 1.807) is 43.5 Å². The van der Waals surface area contributed by atoms with Gasteiger partial charge in [-0.3, -0.25) is 5.32 Å². The van der Waals surface area contributed by atoms with Crippen LogP contribution in [0.25, 0.3) is 11.3 Å². The highest BCUT2D eigenvalue weighted by atomic mass is 32.1. The molecule has 3 aromatic rings. The third-order valence-corrected chi connectivity index (χ3v) is 4.99. The number of hydrogen-bond donors (Lipinski definition) is 2. The summed E-state index contributed by atoms with van der Waals surface area (Å²) in [6.07, 6.45) is 2.83. The number of thiazole rings is 1. The Hall–Kier alpha value is -3.65. The summed E-state index contributed by atoms with van der Waals surface area (Å²) in [4.78, 5) is 12.7. The number of anilines is 1. The molecule has 30 heavy (non-hydrogen) atoms. The van der Waals surface area contributed by atoms with E-state index >= 15 is 0 Å². The first-order valence-corrected chi connectivity index (χ1v) is 10.1. The van der Waals surface area contributed by atoms with Crippen molar-refractivity contribution < 1.29 is 14.6 Å². The van der Waals surface area contributed by atoms with Gasteiger partial charge in [0.2, 0.25) is 4.80 Å². The number of carbonyl (C=O) groups excluding carboxylic acids is 1. The maximum Gasteiger partial charge on any atom is 0.412 e. The zero-order chi connectivity index (χ0) is 21.3. The molecule has 0 unspecified atom stereocenters. The van der Waals surface area contributed by atoms with Gasteiger partial charge in [0.05, 0.1) is 18.5 Å². The van der Waals surface area contributed by atoms with Crippen LogP contribution < -0.4 is 10.1 Å². The lowest BCUT2D eigenvalue weighted by molar-refractivity contribution is 0.168. The van der Waals surface area contributed by atoms with Crippen LogP contribution in [0.15, 0.2) is 77.5 Å². The summed E-state index contributed by atoms with van der Waals surface area (Å²) >= 11 is 1.30. The van der Waals surface area contributed by atoms with Crippen LogP contribution in [0.5, 0.6) is 5.75 Å². The summed E-state index contributed by atoms with van der Waals surface area (Å²) in [5, 5.41) is 21.3. The number of ether oxygens (including phenoxy) is 1. The SMILES string of the molecule is C=CCn1c(-c2ccccc2)c(NC(=O)OCC)s/c1=N\N=C/c1ccc(O)cc1. The zero-order valence-corrected chi connectivity index (χ0v) is 17.3. The summed E-state index contributed by atoms with van der Waals surface area (Å²) in [5.41, 5.74) is 2.52. The highest BCUT2D eigenvalue weighted by Gasteiger charge is 2.17. The van der Waals surface area contributed by atoms with E-state index in [-0.39, 0.29) is 12.4 Å². The van der Waals surface area contributed by atoms with Gasteiger partial charge in [0, 0.05) is 12.1 Å². The van der Waals surface area contributed by atoms with E-state index in [1.165, 1.54) is 11.3 Å². The van der Waals surface area contributed by atoms with Crippen molar-refractivity contribution in [1.82, 2.24) is 4.57 Å². The van der Waals surface area contributed by atoms with Crippen LogP contribution in [0.3, 0.4) is 0 Å². The fourth-order valence-electron chi connectivity index (χ4n) is 2.72.